The van der Waals surface area contributed by atoms with E-state index in [4.69, 9.17) is 14.2 Å². The largest absolute Gasteiger partial charge is 0.465 e. The molecule has 0 aromatic carbocycles. The van der Waals surface area contributed by atoms with E-state index >= 15 is 0 Å². The van der Waals surface area contributed by atoms with Crippen molar-refractivity contribution >= 4 is 5.97 Å². The first-order chi connectivity index (χ1) is 8.29. The Labute approximate surface area is 101 Å². The summed E-state index contributed by atoms with van der Waals surface area (Å²) in [6.07, 6.45) is 6.79. The summed E-state index contributed by atoms with van der Waals surface area (Å²) in [4.78, 5) is 11.9. The lowest BCUT2D eigenvalue weighted by atomic mass is 9.89. The van der Waals surface area contributed by atoms with Crippen molar-refractivity contribution in [2.24, 2.45) is 11.8 Å². The molecule has 0 spiro atoms. The minimum absolute atomic E-state index is 0.000409. The molecule has 0 amide bonds. The predicted octanol–water partition coefficient (Wildman–Crippen LogP) is 1.27. The van der Waals surface area contributed by atoms with Gasteiger partial charge >= 0.3 is 5.97 Å². The number of carbonyl (C=O) groups is 1. The fraction of sp³-hybridized carbons (Fsp3) is 0.923. The van der Waals surface area contributed by atoms with Gasteiger partial charge in [0.25, 0.3) is 0 Å². The standard InChI is InChI=1S/C13H18O4/c14-13(8-1-2-9-12(5-8)16-9)15-6-7-3-10-11(4-7)17-10/h7-12H,1-6H2/t7?,8?,9?,10?,11?,12-/m0/s1. The molecule has 2 aliphatic heterocycles. The second-order valence-corrected chi connectivity index (χ2v) is 5.90. The molecule has 0 aromatic heterocycles. The second-order valence-electron chi connectivity index (χ2n) is 5.90. The minimum Gasteiger partial charge on any atom is -0.465 e. The molecular weight excluding hydrogens is 220 g/mol. The van der Waals surface area contributed by atoms with E-state index in [1.165, 1.54) is 0 Å². The van der Waals surface area contributed by atoms with E-state index in [1.54, 1.807) is 0 Å². The molecule has 0 bridgehead atoms. The van der Waals surface area contributed by atoms with Gasteiger partial charge in [0.05, 0.1) is 36.9 Å². The van der Waals surface area contributed by atoms with Crippen LogP contribution in [0.15, 0.2) is 0 Å². The first-order valence-corrected chi connectivity index (χ1v) is 6.77. The van der Waals surface area contributed by atoms with Gasteiger partial charge in [0.2, 0.25) is 0 Å². The molecule has 4 nitrogen and oxygen atoms in total. The average Bonchev–Trinajstić information content (AvgIpc) is 3.24. The van der Waals surface area contributed by atoms with Crippen LogP contribution in [0.2, 0.25) is 0 Å². The van der Waals surface area contributed by atoms with Crippen LogP contribution in [-0.2, 0) is 19.0 Å². The van der Waals surface area contributed by atoms with Gasteiger partial charge in [0.15, 0.2) is 0 Å². The van der Waals surface area contributed by atoms with E-state index < -0.39 is 0 Å². The lowest BCUT2D eigenvalue weighted by Gasteiger charge is -2.19. The molecule has 4 unspecified atom stereocenters. The second kappa shape index (κ2) is 3.69. The lowest BCUT2D eigenvalue weighted by Crippen LogP contribution is -2.25. The summed E-state index contributed by atoms with van der Waals surface area (Å²) in [5, 5.41) is 0. The van der Waals surface area contributed by atoms with Gasteiger partial charge in [-0.3, -0.25) is 4.79 Å². The minimum atomic E-state index is 0.000409. The zero-order valence-electron chi connectivity index (χ0n) is 9.84. The van der Waals surface area contributed by atoms with Crippen molar-refractivity contribution in [3.8, 4) is 0 Å². The third kappa shape index (κ3) is 1.97. The highest BCUT2D eigenvalue weighted by Gasteiger charge is 2.49. The van der Waals surface area contributed by atoms with E-state index in [0.29, 0.717) is 36.9 Å². The topological polar surface area (TPSA) is 51.4 Å². The van der Waals surface area contributed by atoms with E-state index in [9.17, 15) is 4.79 Å². The van der Waals surface area contributed by atoms with Gasteiger partial charge in [0, 0.05) is 0 Å². The molecular formula is C13H18O4. The van der Waals surface area contributed by atoms with Crippen LogP contribution in [0, 0.1) is 11.8 Å². The molecule has 94 valence electrons. The number of hydrogen-bond acceptors (Lipinski definition) is 4. The zero-order valence-corrected chi connectivity index (χ0v) is 9.84. The van der Waals surface area contributed by atoms with E-state index in [1.807, 2.05) is 0 Å². The van der Waals surface area contributed by atoms with Crippen molar-refractivity contribution in [2.45, 2.75) is 56.5 Å². The van der Waals surface area contributed by atoms with Crippen LogP contribution in [0.5, 0.6) is 0 Å². The molecule has 5 atom stereocenters. The summed E-state index contributed by atoms with van der Waals surface area (Å²) in [5.41, 5.74) is 0. The van der Waals surface area contributed by atoms with Gasteiger partial charge in [-0.05, 0) is 38.0 Å². The van der Waals surface area contributed by atoms with Gasteiger partial charge < -0.3 is 14.2 Å². The summed E-state index contributed by atoms with van der Waals surface area (Å²) in [7, 11) is 0. The van der Waals surface area contributed by atoms with Crippen LogP contribution in [-0.4, -0.2) is 37.0 Å². The Morgan fingerprint density at radius 1 is 1.00 bits per heavy atom. The van der Waals surface area contributed by atoms with Gasteiger partial charge in [-0.15, -0.1) is 0 Å². The Balaban J connectivity index is 1.23. The molecule has 2 saturated carbocycles. The van der Waals surface area contributed by atoms with Crippen molar-refractivity contribution < 1.29 is 19.0 Å². The summed E-state index contributed by atoms with van der Waals surface area (Å²) in [6.45, 7) is 0.598. The van der Waals surface area contributed by atoms with Crippen molar-refractivity contribution in [1.29, 1.82) is 0 Å². The quantitative estimate of drug-likeness (QED) is 0.549. The normalized spacial score (nSPS) is 50.4. The highest BCUT2D eigenvalue weighted by molar-refractivity contribution is 5.72. The number of fused-ring (bicyclic) bond motifs is 2. The van der Waals surface area contributed by atoms with E-state index in [-0.39, 0.29) is 11.9 Å². The van der Waals surface area contributed by atoms with Crippen LogP contribution in [0.25, 0.3) is 0 Å². The summed E-state index contributed by atoms with van der Waals surface area (Å²) >= 11 is 0. The Morgan fingerprint density at radius 3 is 2.47 bits per heavy atom. The number of hydrogen-bond donors (Lipinski definition) is 0. The molecule has 2 aliphatic carbocycles. The smallest absolute Gasteiger partial charge is 0.309 e. The highest BCUT2D eigenvalue weighted by Crippen LogP contribution is 2.43. The summed E-state index contributed by atoms with van der Waals surface area (Å²) < 4.78 is 16.3. The van der Waals surface area contributed by atoms with Gasteiger partial charge in [-0.1, -0.05) is 0 Å². The molecule has 17 heavy (non-hydrogen) atoms. The van der Waals surface area contributed by atoms with E-state index in [2.05, 4.69) is 0 Å². The Kier molecular flexibility index (Phi) is 2.24. The molecule has 0 N–H and O–H groups in total. The predicted molar refractivity (Wildman–Crippen MR) is 58.3 cm³/mol. The van der Waals surface area contributed by atoms with Crippen molar-refractivity contribution in [3.63, 3.8) is 0 Å². The molecule has 2 heterocycles. The maximum absolute atomic E-state index is 11.9. The van der Waals surface area contributed by atoms with Crippen LogP contribution in [0.4, 0.5) is 0 Å². The molecule has 0 radical (unpaired) electrons. The maximum atomic E-state index is 11.9. The van der Waals surface area contributed by atoms with E-state index in [0.717, 1.165) is 32.1 Å². The highest BCUT2D eigenvalue weighted by atomic mass is 16.6. The van der Waals surface area contributed by atoms with Crippen molar-refractivity contribution in [3.05, 3.63) is 0 Å². The molecule has 4 heteroatoms. The number of esters is 1. The summed E-state index contributed by atoms with van der Waals surface area (Å²) in [5.74, 6) is 0.627. The Morgan fingerprint density at radius 2 is 1.71 bits per heavy atom. The van der Waals surface area contributed by atoms with Crippen LogP contribution in [0.3, 0.4) is 0 Å². The lowest BCUT2D eigenvalue weighted by molar-refractivity contribution is -0.151. The molecule has 0 aromatic rings. The maximum Gasteiger partial charge on any atom is 0.309 e. The van der Waals surface area contributed by atoms with Gasteiger partial charge in [0.1, 0.15) is 0 Å². The first kappa shape index (κ1) is 10.3. The zero-order chi connectivity index (χ0) is 11.4. The summed E-state index contributed by atoms with van der Waals surface area (Å²) in [6, 6.07) is 0. The third-order valence-electron chi connectivity index (χ3n) is 4.62. The number of epoxide rings is 2. The average molecular weight is 238 g/mol. The monoisotopic (exact) mass is 238 g/mol. The van der Waals surface area contributed by atoms with Crippen LogP contribution >= 0.6 is 0 Å². The van der Waals surface area contributed by atoms with Gasteiger partial charge in [-0.2, -0.15) is 0 Å². The van der Waals surface area contributed by atoms with Crippen molar-refractivity contribution in [2.75, 3.05) is 6.61 Å². The van der Waals surface area contributed by atoms with Crippen molar-refractivity contribution in [1.82, 2.24) is 0 Å². The van der Waals surface area contributed by atoms with Crippen LogP contribution in [0.1, 0.15) is 32.1 Å². The Bertz CT molecular complexity index is 332. The molecule has 4 fully saturated rings. The SMILES string of the molecule is O=C(OCC1CC2OC2C1)C1CCC2O[C@H]2C1. The fourth-order valence-corrected chi connectivity index (χ4v) is 3.42. The Hall–Kier alpha value is -0.610. The first-order valence-electron chi connectivity index (χ1n) is 6.77. The van der Waals surface area contributed by atoms with Crippen LogP contribution < -0.4 is 0 Å². The molecule has 2 saturated heterocycles. The molecule has 4 rings (SSSR count). The molecule has 4 aliphatic rings. The van der Waals surface area contributed by atoms with Gasteiger partial charge in [-0.25, -0.2) is 0 Å². The number of carbonyl (C=O) groups excluding carboxylic acids is 1. The number of ether oxygens (including phenoxy) is 3. The number of rotatable bonds is 3. The fourth-order valence-electron chi connectivity index (χ4n) is 3.42. The third-order valence-corrected chi connectivity index (χ3v) is 4.62.